The second kappa shape index (κ2) is 8.48. The summed E-state index contributed by atoms with van der Waals surface area (Å²) in [6.45, 7) is -0.688. The third-order valence-corrected chi connectivity index (χ3v) is 8.70. The summed E-state index contributed by atoms with van der Waals surface area (Å²) in [6, 6.07) is 5.41. The van der Waals surface area contributed by atoms with Crippen LogP contribution in [0.5, 0.6) is 0 Å². The molecule has 0 radical (unpaired) electrons. The lowest BCUT2D eigenvalue weighted by atomic mass is 9.88. The van der Waals surface area contributed by atoms with Crippen molar-refractivity contribution >= 4 is 28.5 Å². The van der Waals surface area contributed by atoms with Gasteiger partial charge in [0.2, 0.25) is 0 Å². The molecule has 1 aromatic heterocycles. The monoisotopic (exact) mass is 515 g/mol. The molecule has 7 heteroatoms. The van der Waals surface area contributed by atoms with E-state index in [1.807, 2.05) is 24.3 Å². The van der Waals surface area contributed by atoms with Gasteiger partial charge in [-0.3, -0.25) is 0 Å². The van der Waals surface area contributed by atoms with Crippen molar-refractivity contribution in [1.82, 2.24) is 4.57 Å². The first kappa shape index (κ1) is 23.6. The van der Waals surface area contributed by atoms with E-state index in [0.717, 1.165) is 35.8 Å². The van der Waals surface area contributed by atoms with E-state index in [1.54, 1.807) is 0 Å². The number of hydrogen-bond acceptors (Lipinski definition) is 3. The van der Waals surface area contributed by atoms with Gasteiger partial charge in [-0.2, -0.15) is 0 Å². The first-order valence-electron chi connectivity index (χ1n) is 13.1. The summed E-state index contributed by atoms with van der Waals surface area (Å²) in [5.41, 5.74) is 3.82. The second-order valence-electron chi connectivity index (χ2n) is 11.0. The maximum absolute atomic E-state index is 15.6. The van der Waals surface area contributed by atoms with Crippen LogP contribution >= 0.6 is 0 Å². The van der Waals surface area contributed by atoms with Crippen molar-refractivity contribution in [2.45, 2.75) is 37.8 Å². The molecule has 0 amide bonds. The predicted molar refractivity (Wildman–Crippen MR) is 140 cm³/mol. The van der Waals surface area contributed by atoms with E-state index in [2.05, 4.69) is 6.08 Å². The Labute approximate surface area is 218 Å². The minimum atomic E-state index is -1.19. The Morgan fingerprint density at radius 3 is 2.74 bits per heavy atom. The number of nitrogens with zero attached hydrogens (tertiary/aromatic N) is 1. The molecule has 4 aliphatic rings. The summed E-state index contributed by atoms with van der Waals surface area (Å²) in [7, 11) is 0. The number of fused-ring (bicyclic) bond motifs is 6. The molecule has 3 N–H and O–H groups in total. The Bertz CT molecular complexity index is 1610. The Morgan fingerprint density at radius 2 is 1.95 bits per heavy atom. The van der Waals surface area contributed by atoms with Crippen molar-refractivity contribution < 1.29 is 28.9 Å². The van der Waals surface area contributed by atoms with E-state index in [-0.39, 0.29) is 23.7 Å². The minimum absolute atomic E-state index is 0.0193. The van der Waals surface area contributed by atoms with Gasteiger partial charge in [0.15, 0.2) is 0 Å². The Hall–Kier alpha value is -3.55. The highest BCUT2D eigenvalue weighted by molar-refractivity contribution is 6.08. The third kappa shape index (κ3) is 3.60. The first-order valence-corrected chi connectivity index (χ1v) is 13.1. The fraction of sp³-hybridized carbons (Fsp3) is 0.323. The molecule has 2 fully saturated rings. The van der Waals surface area contributed by atoms with Crippen LogP contribution < -0.4 is 0 Å². The van der Waals surface area contributed by atoms with Crippen LogP contribution in [0.4, 0.5) is 8.78 Å². The summed E-state index contributed by atoms with van der Waals surface area (Å²) in [6.07, 6.45) is 11.5. The number of aromatic carboxylic acids is 1. The maximum Gasteiger partial charge on any atom is 0.353 e. The number of aliphatic hydroxyl groups is 2. The molecule has 0 spiro atoms. The molecule has 194 valence electrons. The molecule has 2 saturated carbocycles. The van der Waals surface area contributed by atoms with E-state index in [4.69, 9.17) is 0 Å². The van der Waals surface area contributed by atoms with Crippen LogP contribution in [0.25, 0.3) is 22.6 Å². The zero-order valence-corrected chi connectivity index (χ0v) is 20.6. The van der Waals surface area contributed by atoms with Gasteiger partial charge in [0.1, 0.15) is 23.4 Å². The molecule has 7 rings (SSSR count). The molecule has 3 aromatic rings. The van der Waals surface area contributed by atoms with E-state index in [1.165, 1.54) is 28.8 Å². The van der Waals surface area contributed by atoms with Crippen LogP contribution in [-0.2, 0) is 6.54 Å². The van der Waals surface area contributed by atoms with Crippen molar-refractivity contribution in [2.75, 3.05) is 6.61 Å². The summed E-state index contributed by atoms with van der Waals surface area (Å²) < 4.78 is 32.1. The van der Waals surface area contributed by atoms with Gasteiger partial charge in [-0.25, -0.2) is 13.6 Å². The largest absolute Gasteiger partial charge is 0.477 e. The van der Waals surface area contributed by atoms with Gasteiger partial charge in [-0.15, -0.1) is 0 Å². The SMILES string of the molecule is O=C(O)c1c(C2=CC=CC3C[C@H]3C2)c2c3c(c(F)cc2n1Cc1cc(C(O)CO)ccc1F)C=CC1CC31. The van der Waals surface area contributed by atoms with Crippen LogP contribution in [0, 0.1) is 29.4 Å². The van der Waals surface area contributed by atoms with E-state index in [9.17, 15) is 20.1 Å². The normalized spacial score (nSPS) is 25.3. The average Bonchev–Trinajstić information content (AvgIpc) is 3.80. The average molecular weight is 516 g/mol. The van der Waals surface area contributed by atoms with Crippen LogP contribution in [-0.4, -0.2) is 32.5 Å². The van der Waals surface area contributed by atoms with Crippen molar-refractivity contribution in [3.63, 3.8) is 0 Å². The lowest BCUT2D eigenvalue weighted by Gasteiger charge is -2.16. The highest BCUT2D eigenvalue weighted by Crippen LogP contribution is 2.57. The molecule has 38 heavy (non-hydrogen) atoms. The standard InChI is InChI=1S/C31H27F2NO4/c32-23-7-5-17(26(36)14-35)9-20(23)13-34-25-12-24(33)21-6-4-16-11-22(16)28(21)29(25)27(30(34)31(37)38)18-3-1-2-15-8-19(15)10-18/h1-7,9,12,15-16,19,22,26,35-36H,8,10-11,13-14H2,(H,37,38)/t15?,16?,19-,22?,26?/m0/s1. The molecule has 0 aliphatic heterocycles. The lowest BCUT2D eigenvalue weighted by molar-refractivity contribution is 0.0685. The third-order valence-electron chi connectivity index (χ3n) is 8.70. The molecule has 5 nitrogen and oxygen atoms in total. The molecular weight excluding hydrogens is 488 g/mol. The predicted octanol–water partition coefficient (Wildman–Crippen LogP) is 5.80. The molecule has 4 aliphatic carbocycles. The van der Waals surface area contributed by atoms with E-state index in [0.29, 0.717) is 40.0 Å². The van der Waals surface area contributed by atoms with Gasteiger partial charge in [0.25, 0.3) is 0 Å². The van der Waals surface area contributed by atoms with Crippen molar-refractivity contribution in [2.24, 2.45) is 17.8 Å². The van der Waals surface area contributed by atoms with Crippen LogP contribution in [0.1, 0.15) is 69.6 Å². The molecular formula is C31H27F2NO4. The summed E-state index contributed by atoms with van der Waals surface area (Å²) in [5, 5.41) is 30.8. The number of hydrogen-bond donors (Lipinski definition) is 3. The fourth-order valence-electron chi connectivity index (χ4n) is 6.54. The Balaban J connectivity index is 1.51. The number of allylic oxidation sites excluding steroid dienone is 5. The van der Waals surface area contributed by atoms with E-state index >= 15 is 8.78 Å². The van der Waals surface area contributed by atoms with Crippen LogP contribution in [0.3, 0.4) is 0 Å². The molecule has 0 saturated heterocycles. The summed E-state index contributed by atoms with van der Waals surface area (Å²) in [5.74, 6) is -0.724. The lowest BCUT2D eigenvalue weighted by Crippen LogP contribution is -2.13. The minimum Gasteiger partial charge on any atom is -0.477 e. The van der Waals surface area contributed by atoms with E-state index < -0.39 is 30.3 Å². The zero-order valence-electron chi connectivity index (χ0n) is 20.6. The first-order chi connectivity index (χ1) is 18.4. The number of carbonyl (C=O) groups is 1. The molecule has 0 bridgehead atoms. The number of rotatable bonds is 6. The number of carboxylic acid groups (broad SMARTS) is 1. The smallest absolute Gasteiger partial charge is 0.353 e. The number of carboxylic acids is 1. The Morgan fingerprint density at radius 1 is 1.11 bits per heavy atom. The molecule has 2 aromatic carbocycles. The number of aliphatic hydroxyl groups excluding tert-OH is 2. The highest BCUT2D eigenvalue weighted by Gasteiger charge is 2.44. The number of benzene rings is 2. The summed E-state index contributed by atoms with van der Waals surface area (Å²) in [4.78, 5) is 12.9. The summed E-state index contributed by atoms with van der Waals surface area (Å²) >= 11 is 0. The van der Waals surface area contributed by atoms with Crippen molar-refractivity contribution in [3.8, 4) is 0 Å². The second-order valence-corrected chi connectivity index (χ2v) is 11.0. The topological polar surface area (TPSA) is 82.7 Å². The quantitative estimate of drug-likeness (QED) is 0.388. The van der Waals surface area contributed by atoms with Gasteiger partial charge < -0.3 is 19.9 Å². The van der Waals surface area contributed by atoms with Gasteiger partial charge in [-0.1, -0.05) is 36.4 Å². The fourth-order valence-corrected chi connectivity index (χ4v) is 6.54. The molecule has 1 heterocycles. The number of halogens is 2. The maximum atomic E-state index is 15.6. The number of aromatic nitrogens is 1. The van der Waals surface area contributed by atoms with Crippen LogP contribution in [0.15, 0.2) is 48.6 Å². The zero-order chi connectivity index (χ0) is 26.3. The van der Waals surface area contributed by atoms with Gasteiger partial charge in [0, 0.05) is 22.1 Å². The van der Waals surface area contributed by atoms with Gasteiger partial charge in [-0.05, 0) is 77.8 Å². The van der Waals surface area contributed by atoms with Gasteiger partial charge in [0.05, 0.1) is 18.7 Å². The highest BCUT2D eigenvalue weighted by atomic mass is 19.1. The van der Waals surface area contributed by atoms with Crippen LogP contribution in [0.2, 0.25) is 0 Å². The molecule has 4 unspecified atom stereocenters. The van der Waals surface area contributed by atoms with Gasteiger partial charge >= 0.3 is 5.97 Å². The van der Waals surface area contributed by atoms with Crippen molar-refractivity contribution in [1.29, 1.82) is 0 Å². The van der Waals surface area contributed by atoms with Crippen molar-refractivity contribution in [3.05, 3.63) is 93.7 Å². The Kier molecular flexibility index (Phi) is 5.26. The molecule has 5 atom stereocenters.